The number of rotatable bonds is 4. The lowest BCUT2D eigenvalue weighted by Gasteiger charge is -2.22. The number of carbonyl (C=O) groups excluding carboxylic acids is 3. The molecule has 2 atom stereocenters. The van der Waals surface area contributed by atoms with Gasteiger partial charge in [0.25, 0.3) is 17.7 Å². The van der Waals surface area contributed by atoms with Gasteiger partial charge in [0.05, 0.1) is 33.9 Å². The fourth-order valence-corrected chi connectivity index (χ4v) is 5.79. The van der Waals surface area contributed by atoms with E-state index in [2.05, 4.69) is 15.6 Å². The summed E-state index contributed by atoms with van der Waals surface area (Å²) in [5.74, 6) is 0.802. The molecule has 44 heavy (non-hydrogen) atoms. The highest BCUT2D eigenvalue weighted by Crippen LogP contribution is 2.33. The van der Waals surface area contributed by atoms with E-state index in [1.54, 1.807) is 29.2 Å². The fourth-order valence-electron chi connectivity index (χ4n) is 5.79. The molecule has 1 saturated heterocycles. The predicted octanol–water partition coefficient (Wildman–Crippen LogP) is 2.31. The van der Waals surface area contributed by atoms with Crippen molar-refractivity contribution in [1.82, 2.24) is 20.5 Å². The van der Waals surface area contributed by atoms with Gasteiger partial charge in [0, 0.05) is 24.3 Å². The van der Waals surface area contributed by atoms with Gasteiger partial charge in [-0.1, -0.05) is 6.07 Å². The van der Waals surface area contributed by atoms with Crippen LogP contribution in [0.5, 0.6) is 28.9 Å². The minimum absolute atomic E-state index is 0.188. The molecule has 3 amide bonds. The number of nitrogens with zero attached hydrogens (tertiary/aromatic N) is 2. The maximum absolute atomic E-state index is 13.9. The van der Waals surface area contributed by atoms with Gasteiger partial charge in [-0.2, -0.15) is 0 Å². The van der Waals surface area contributed by atoms with Crippen molar-refractivity contribution in [3.05, 3.63) is 70.4 Å². The van der Waals surface area contributed by atoms with E-state index in [1.807, 2.05) is 12.1 Å². The lowest BCUT2D eigenvalue weighted by atomic mass is 10.1. The zero-order chi connectivity index (χ0) is 30.8. The SMILES string of the molecule is COc1ccc2cc1OCC(=O)NCc1ccc(c(OC)c1)O[C@H]1CN(C(=O)c3cc4c(nc3OC)CCC4)C[C@@H]1NC2=O. The lowest BCUT2D eigenvalue weighted by Crippen LogP contribution is -2.45. The van der Waals surface area contributed by atoms with Gasteiger partial charge in [0.15, 0.2) is 29.6 Å². The third-order valence-electron chi connectivity index (χ3n) is 8.09. The molecule has 1 aliphatic carbocycles. The van der Waals surface area contributed by atoms with Gasteiger partial charge >= 0.3 is 0 Å². The third kappa shape index (κ3) is 5.79. The van der Waals surface area contributed by atoms with Crippen LogP contribution in [0.2, 0.25) is 0 Å². The molecule has 3 aliphatic heterocycles. The van der Waals surface area contributed by atoms with Gasteiger partial charge in [0.2, 0.25) is 5.88 Å². The van der Waals surface area contributed by atoms with Crippen molar-refractivity contribution in [2.45, 2.75) is 38.0 Å². The molecule has 1 fully saturated rings. The monoisotopic (exact) mass is 602 g/mol. The molecular weight excluding hydrogens is 568 g/mol. The zero-order valence-electron chi connectivity index (χ0n) is 24.8. The van der Waals surface area contributed by atoms with Crippen molar-refractivity contribution in [2.24, 2.45) is 0 Å². The van der Waals surface area contributed by atoms with Crippen molar-refractivity contribution < 1.29 is 38.1 Å². The molecule has 2 N–H and O–H groups in total. The first-order chi connectivity index (χ1) is 21.4. The number of hydrogen-bond acceptors (Lipinski definition) is 9. The summed E-state index contributed by atoms with van der Waals surface area (Å²) in [6.07, 6.45) is 2.10. The molecule has 4 heterocycles. The van der Waals surface area contributed by atoms with Crippen LogP contribution < -0.4 is 34.3 Å². The Morgan fingerprint density at radius 2 is 1.80 bits per heavy atom. The number of ether oxygens (including phenoxy) is 5. The summed E-state index contributed by atoms with van der Waals surface area (Å²) < 4.78 is 28.7. The molecule has 12 nitrogen and oxygen atoms in total. The highest BCUT2D eigenvalue weighted by atomic mass is 16.5. The van der Waals surface area contributed by atoms with Crippen LogP contribution in [-0.4, -0.2) is 80.8 Å². The molecule has 4 aliphatic rings. The van der Waals surface area contributed by atoms with Crippen LogP contribution in [0.3, 0.4) is 0 Å². The first kappa shape index (κ1) is 29.1. The van der Waals surface area contributed by atoms with Crippen molar-refractivity contribution in [2.75, 3.05) is 41.0 Å². The quantitative estimate of drug-likeness (QED) is 0.461. The highest BCUT2D eigenvalue weighted by Gasteiger charge is 2.40. The molecule has 0 radical (unpaired) electrons. The van der Waals surface area contributed by atoms with Gasteiger partial charge in [-0.05, 0) is 66.8 Å². The number of amides is 3. The highest BCUT2D eigenvalue weighted by molar-refractivity contribution is 5.98. The maximum atomic E-state index is 13.9. The second-order valence-corrected chi connectivity index (χ2v) is 10.9. The van der Waals surface area contributed by atoms with E-state index >= 15 is 0 Å². The van der Waals surface area contributed by atoms with E-state index in [0.717, 1.165) is 36.1 Å². The second kappa shape index (κ2) is 12.3. The first-order valence-corrected chi connectivity index (χ1v) is 14.4. The smallest absolute Gasteiger partial charge is 0.259 e. The summed E-state index contributed by atoms with van der Waals surface area (Å²) in [7, 11) is 4.51. The van der Waals surface area contributed by atoms with Crippen molar-refractivity contribution in [3.8, 4) is 28.9 Å². The van der Waals surface area contributed by atoms with E-state index in [0.29, 0.717) is 28.4 Å². The number of carbonyl (C=O) groups is 3. The molecule has 0 spiro atoms. The third-order valence-corrected chi connectivity index (χ3v) is 8.09. The molecule has 3 aromatic rings. The average molecular weight is 603 g/mol. The minimum Gasteiger partial charge on any atom is -0.493 e. The molecule has 230 valence electrons. The lowest BCUT2D eigenvalue weighted by molar-refractivity contribution is -0.123. The minimum atomic E-state index is -0.611. The average Bonchev–Trinajstić information content (AvgIpc) is 3.67. The van der Waals surface area contributed by atoms with E-state index in [1.165, 1.54) is 27.4 Å². The Hall–Kier alpha value is -5.00. The molecule has 2 aromatic carbocycles. The van der Waals surface area contributed by atoms with Crippen LogP contribution in [0, 0.1) is 0 Å². The van der Waals surface area contributed by atoms with Gasteiger partial charge in [-0.15, -0.1) is 0 Å². The summed E-state index contributed by atoms with van der Waals surface area (Å²) in [5, 5.41) is 5.86. The fraction of sp³-hybridized carbons (Fsp3) is 0.375. The van der Waals surface area contributed by atoms with E-state index in [-0.39, 0.29) is 49.7 Å². The van der Waals surface area contributed by atoms with Gasteiger partial charge in [-0.3, -0.25) is 14.4 Å². The normalized spacial score (nSPS) is 19.5. The number of aromatic nitrogens is 1. The van der Waals surface area contributed by atoms with Crippen LogP contribution in [0.25, 0.3) is 0 Å². The number of pyridine rings is 1. The van der Waals surface area contributed by atoms with Crippen LogP contribution in [0.15, 0.2) is 42.5 Å². The molecule has 0 saturated carbocycles. The molecule has 7 rings (SSSR count). The van der Waals surface area contributed by atoms with Crippen LogP contribution in [0.1, 0.15) is 44.0 Å². The first-order valence-electron chi connectivity index (χ1n) is 14.4. The summed E-state index contributed by atoms with van der Waals surface area (Å²) >= 11 is 0. The molecule has 1 aromatic heterocycles. The van der Waals surface area contributed by atoms with E-state index < -0.39 is 18.1 Å². The Labute approximate surface area is 254 Å². The van der Waals surface area contributed by atoms with Crippen molar-refractivity contribution >= 4 is 17.7 Å². The largest absolute Gasteiger partial charge is 0.493 e. The molecule has 0 unspecified atom stereocenters. The topological polar surface area (TPSA) is 138 Å². The Morgan fingerprint density at radius 3 is 2.59 bits per heavy atom. The Morgan fingerprint density at radius 1 is 0.955 bits per heavy atom. The number of aryl methyl sites for hydroxylation is 2. The Balaban J connectivity index is 1.34. The van der Waals surface area contributed by atoms with Crippen LogP contribution in [0.4, 0.5) is 0 Å². The number of benzene rings is 2. The number of fused-ring (bicyclic) bond motifs is 8. The van der Waals surface area contributed by atoms with Crippen LogP contribution >= 0.6 is 0 Å². The van der Waals surface area contributed by atoms with Gasteiger partial charge in [0.1, 0.15) is 11.7 Å². The summed E-state index contributed by atoms with van der Waals surface area (Å²) in [5.41, 5.74) is 3.48. The van der Waals surface area contributed by atoms with Crippen LogP contribution in [-0.2, 0) is 24.2 Å². The standard InChI is InChI=1S/C32H34N4O8/c1-40-24-10-8-20-13-27(24)43-17-29(37)33-14-18-7-9-25(26(11-18)41-2)44-28-16-36(15-23(28)34-30(20)38)32(39)21-12-19-5-4-6-22(19)35-31(21)42-3/h7-13,23,28H,4-6,14-17H2,1-3H3,(H,33,37)(H,34,38)/t23-,28-/m0/s1. The Kier molecular flexibility index (Phi) is 8.14. The number of likely N-dealkylation sites (tertiary alicyclic amines) is 1. The second-order valence-electron chi connectivity index (χ2n) is 10.9. The zero-order valence-corrected chi connectivity index (χ0v) is 24.8. The molecular formula is C32H34N4O8. The predicted molar refractivity (Wildman–Crippen MR) is 158 cm³/mol. The summed E-state index contributed by atoms with van der Waals surface area (Å²) in [4.78, 5) is 46.2. The Bertz CT molecular complexity index is 1610. The van der Waals surface area contributed by atoms with E-state index in [4.69, 9.17) is 23.7 Å². The summed E-state index contributed by atoms with van der Waals surface area (Å²) in [6, 6.07) is 11.4. The summed E-state index contributed by atoms with van der Waals surface area (Å²) in [6.45, 7) is 0.347. The molecule has 4 bridgehead atoms. The number of methoxy groups -OCH3 is 3. The van der Waals surface area contributed by atoms with Crippen molar-refractivity contribution in [3.63, 3.8) is 0 Å². The maximum Gasteiger partial charge on any atom is 0.259 e. The van der Waals surface area contributed by atoms with Crippen molar-refractivity contribution in [1.29, 1.82) is 0 Å². The number of nitrogens with one attached hydrogen (secondary N) is 2. The van der Waals surface area contributed by atoms with Gasteiger partial charge < -0.3 is 39.2 Å². The van der Waals surface area contributed by atoms with Gasteiger partial charge in [-0.25, -0.2) is 4.98 Å². The number of hydrogen-bond donors (Lipinski definition) is 2. The molecule has 12 heteroatoms. The van der Waals surface area contributed by atoms with E-state index in [9.17, 15) is 14.4 Å².